The van der Waals surface area contributed by atoms with E-state index in [0.717, 1.165) is 4.90 Å². The quantitative estimate of drug-likeness (QED) is 0.759. The van der Waals surface area contributed by atoms with Crippen LogP contribution in [0.5, 0.6) is 0 Å². The topological polar surface area (TPSA) is 86.7 Å². The number of carbonyl (C=O) groups is 3. The maximum Gasteiger partial charge on any atom is 0.471 e. The summed E-state index contributed by atoms with van der Waals surface area (Å²) >= 11 is 0. The number of aliphatic carboxylic acids is 1. The van der Waals surface area contributed by atoms with E-state index in [9.17, 15) is 27.6 Å². The predicted octanol–water partition coefficient (Wildman–Crippen LogP) is -0.0119. The van der Waals surface area contributed by atoms with Gasteiger partial charge >= 0.3 is 18.1 Å². The number of nitrogens with zero attached hydrogens (tertiary/aromatic N) is 1. The number of carbonyl (C=O) groups excluding carboxylic acids is 2. The molecular formula is C10H13F3N2O4. The fraction of sp³-hybridized carbons (Fsp3) is 0.700. The van der Waals surface area contributed by atoms with Gasteiger partial charge in [0, 0.05) is 13.1 Å². The maximum absolute atomic E-state index is 12.0. The Labute approximate surface area is 106 Å². The SMILES string of the molecule is O=C(O)CN1CCCC(CNC(=O)C(F)(F)F)C1=O. The summed E-state index contributed by atoms with van der Waals surface area (Å²) in [6.07, 6.45) is -4.17. The van der Waals surface area contributed by atoms with Crippen molar-refractivity contribution >= 4 is 17.8 Å². The van der Waals surface area contributed by atoms with Gasteiger partial charge in [-0.1, -0.05) is 0 Å². The first-order chi connectivity index (χ1) is 8.71. The first kappa shape index (κ1) is 15.3. The van der Waals surface area contributed by atoms with Crippen molar-refractivity contribution in [2.75, 3.05) is 19.6 Å². The average Bonchev–Trinajstić information content (AvgIpc) is 2.28. The Kier molecular flexibility index (Phi) is 4.73. The van der Waals surface area contributed by atoms with Crippen LogP contribution in [-0.4, -0.2) is 53.6 Å². The number of alkyl halides is 3. The van der Waals surface area contributed by atoms with Gasteiger partial charge in [0.2, 0.25) is 5.91 Å². The zero-order chi connectivity index (χ0) is 14.6. The monoisotopic (exact) mass is 282 g/mol. The van der Waals surface area contributed by atoms with Crippen molar-refractivity contribution in [2.24, 2.45) is 5.92 Å². The van der Waals surface area contributed by atoms with Crippen LogP contribution >= 0.6 is 0 Å². The lowest BCUT2D eigenvalue weighted by Crippen LogP contribution is -2.48. The first-order valence-electron chi connectivity index (χ1n) is 5.57. The molecule has 1 aliphatic rings. The number of nitrogens with one attached hydrogen (secondary N) is 1. The van der Waals surface area contributed by atoms with Gasteiger partial charge in [-0.25, -0.2) is 0 Å². The Hall–Kier alpha value is -1.80. The van der Waals surface area contributed by atoms with Crippen molar-refractivity contribution < 1.29 is 32.7 Å². The van der Waals surface area contributed by atoms with Crippen molar-refractivity contribution in [3.05, 3.63) is 0 Å². The standard InChI is InChI=1S/C10H13F3N2O4/c11-10(12,13)9(19)14-4-6-2-1-3-15(8(6)18)5-7(16)17/h6H,1-5H2,(H,14,19)(H,16,17). The van der Waals surface area contributed by atoms with E-state index in [2.05, 4.69) is 0 Å². The van der Waals surface area contributed by atoms with Crippen molar-refractivity contribution in [1.82, 2.24) is 10.2 Å². The van der Waals surface area contributed by atoms with Crippen molar-refractivity contribution in [2.45, 2.75) is 19.0 Å². The number of rotatable bonds is 4. The van der Waals surface area contributed by atoms with Gasteiger partial charge in [0.05, 0.1) is 5.92 Å². The van der Waals surface area contributed by atoms with E-state index in [1.807, 2.05) is 0 Å². The molecule has 0 aliphatic carbocycles. The van der Waals surface area contributed by atoms with Crippen LogP contribution in [0.3, 0.4) is 0 Å². The van der Waals surface area contributed by atoms with Gasteiger partial charge in [0.25, 0.3) is 0 Å². The van der Waals surface area contributed by atoms with Crippen LogP contribution in [0, 0.1) is 5.92 Å². The second kappa shape index (κ2) is 5.89. The van der Waals surface area contributed by atoms with Crippen LogP contribution in [0.25, 0.3) is 0 Å². The predicted molar refractivity (Wildman–Crippen MR) is 56.0 cm³/mol. The second-order valence-electron chi connectivity index (χ2n) is 4.20. The van der Waals surface area contributed by atoms with Crippen molar-refractivity contribution in [3.8, 4) is 0 Å². The van der Waals surface area contributed by atoms with E-state index in [1.54, 1.807) is 5.32 Å². The molecular weight excluding hydrogens is 269 g/mol. The number of likely N-dealkylation sites (tertiary alicyclic amines) is 1. The molecule has 108 valence electrons. The number of carboxylic acid groups (broad SMARTS) is 1. The molecule has 0 saturated carbocycles. The number of carboxylic acids is 1. The van der Waals surface area contributed by atoms with Crippen LogP contribution in [0.2, 0.25) is 0 Å². The summed E-state index contributed by atoms with van der Waals surface area (Å²) in [6, 6.07) is 0. The molecule has 1 aliphatic heterocycles. The third kappa shape index (κ3) is 4.42. The number of hydrogen-bond donors (Lipinski definition) is 2. The molecule has 1 saturated heterocycles. The number of halogens is 3. The third-order valence-electron chi connectivity index (χ3n) is 2.73. The molecule has 0 spiro atoms. The number of hydrogen-bond acceptors (Lipinski definition) is 3. The zero-order valence-corrected chi connectivity index (χ0v) is 9.87. The van der Waals surface area contributed by atoms with Gasteiger partial charge in [-0.3, -0.25) is 14.4 Å². The van der Waals surface area contributed by atoms with E-state index in [0.29, 0.717) is 12.8 Å². The Balaban J connectivity index is 2.52. The lowest BCUT2D eigenvalue weighted by molar-refractivity contribution is -0.174. The highest BCUT2D eigenvalue weighted by Gasteiger charge is 2.39. The smallest absolute Gasteiger partial charge is 0.471 e. The van der Waals surface area contributed by atoms with Gasteiger partial charge in [-0.05, 0) is 12.8 Å². The summed E-state index contributed by atoms with van der Waals surface area (Å²) in [4.78, 5) is 33.9. The van der Waals surface area contributed by atoms with Crippen LogP contribution < -0.4 is 5.32 Å². The van der Waals surface area contributed by atoms with Gasteiger partial charge in [0.1, 0.15) is 6.54 Å². The van der Waals surface area contributed by atoms with Crippen LogP contribution in [0.4, 0.5) is 13.2 Å². The highest BCUT2D eigenvalue weighted by molar-refractivity contribution is 5.85. The van der Waals surface area contributed by atoms with E-state index in [-0.39, 0.29) is 6.54 Å². The molecule has 2 N–H and O–H groups in total. The van der Waals surface area contributed by atoms with E-state index in [4.69, 9.17) is 5.11 Å². The molecule has 1 unspecified atom stereocenters. The highest BCUT2D eigenvalue weighted by Crippen LogP contribution is 2.19. The molecule has 2 amide bonds. The minimum atomic E-state index is -4.99. The van der Waals surface area contributed by atoms with Crippen molar-refractivity contribution in [1.29, 1.82) is 0 Å². The molecule has 1 heterocycles. The summed E-state index contributed by atoms with van der Waals surface area (Å²) in [5, 5.41) is 10.2. The lowest BCUT2D eigenvalue weighted by Gasteiger charge is -2.31. The zero-order valence-electron chi connectivity index (χ0n) is 9.87. The summed E-state index contributed by atoms with van der Waals surface area (Å²) in [5.41, 5.74) is 0. The summed E-state index contributed by atoms with van der Waals surface area (Å²) in [5.74, 6) is -4.64. The van der Waals surface area contributed by atoms with Gasteiger partial charge in [-0.2, -0.15) is 13.2 Å². The molecule has 1 rings (SSSR count). The number of piperidine rings is 1. The first-order valence-corrected chi connectivity index (χ1v) is 5.57. The minimum Gasteiger partial charge on any atom is -0.480 e. The summed E-state index contributed by atoms with van der Waals surface area (Å²) in [7, 11) is 0. The molecule has 6 nitrogen and oxygen atoms in total. The molecule has 0 aromatic rings. The Bertz CT molecular complexity index is 383. The van der Waals surface area contributed by atoms with Crippen LogP contribution in [0.1, 0.15) is 12.8 Å². The molecule has 1 fully saturated rings. The normalized spacial score (nSPS) is 20.3. The van der Waals surface area contributed by atoms with Crippen molar-refractivity contribution in [3.63, 3.8) is 0 Å². The molecule has 0 radical (unpaired) electrons. The number of amides is 2. The molecule has 1 atom stereocenters. The lowest BCUT2D eigenvalue weighted by atomic mass is 9.97. The summed E-state index contributed by atoms with van der Waals surface area (Å²) in [6.45, 7) is -0.662. The molecule has 9 heteroatoms. The fourth-order valence-corrected chi connectivity index (χ4v) is 1.85. The second-order valence-corrected chi connectivity index (χ2v) is 4.20. The minimum absolute atomic E-state index is 0.259. The maximum atomic E-state index is 12.0. The Morgan fingerprint density at radius 1 is 1.42 bits per heavy atom. The molecule has 0 aromatic carbocycles. The Morgan fingerprint density at radius 2 is 2.05 bits per heavy atom. The molecule has 19 heavy (non-hydrogen) atoms. The van der Waals surface area contributed by atoms with Crippen LogP contribution in [-0.2, 0) is 14.4 Å². The third-order valence-corrected chi connectivity index (χ3v) is 2.73. The van der Waals surface area contributed by atoms with Gasteiger partial charge < -0.3 is 15.3 Å². The van der Waals surface area contributed by atoms with E-state index in [1.165, 1.54) is 0 Å². The van der Waals surface area contributed by atoms with Crippen LogP contribution in [0.15, 0.2) is 0 Å². The average molecular weight is 282 g/mol. The Morgan fingerprint density at radius 3 is 2.58 bits per heavy atom. The van der Waals surface area contributed by atoms with E-state index < -0.39 is 43.0 Å². The highest BCUT2D eigenvalue weighted by atomic mass is 19.4. The molecule has 0 aromatic heterocycles. The fourth-order valence-electron chi connectivity index (χ4n) is 1.85. The molecule has 0 bridgehead atoms. The largest absolute Gasteiger partial charge is 0.480 e. The van der Waals surface area contributed by atoms with Gasteiger partial charge in [0.15, 0.2) is 0 Å². The van der Waals surface area contributed by atoms with Gasteiger partial charge in [-0.15, -0.1) is 0 Å². The van der Waals surface area contributed by atoms with E-state index >= 15 is 0 Å². The summed E-state index contributed by atoms with van der Waals surface area (Å²) < 4.78 is 35.9.